The van der Waals surface area contributed by atoms with Gasteiger partial charge in [0.25, 0.3) is 5.91 Å². The lowest BCUT2D eigenvalue weighted by atomic mass is 9.95. The smallest absolute Gasteiger partial charge is 0.257 e. The molecule has 2 amide bonds. The number of hydrogen-bond donors (Lipinski definition) is 0. The van der Waals surface area contributed by atoms with Gasteiger partial charge in [0.15, 0.2) is 0 Å². The molecule has 1 unspecified atom stereocenters. The lowest BCUT2D eigenvalue weighted by Gasteiger charge is -2.35. The third-order valence-corrected chi connectivity index (χ3v) is 6.93. The van der Waals surface area contributed by atoms with Gasteiger partial charge in [0.05, 0.1) is 17.2 Å². The van der Waals surface area contributed by atoms with Crippen molar-refractivity contribution in [2.75, 3.05) is 38.1 Å². The summed E-state index contributed by atoms with van der Waals surface area (Å²) in [4.78, 5) is 37.6. The van der Waals surface area contributed by atoms with Gasteiger partial charge < -0.3 is 14.7 Å². The first-order chi connectivity index (χ1) is 17.5. The van der Waals surface area contributed by atoms with Gasteiger partial charge in [-0.15, -0.1) is 0 Å². The molecule has 0 radical (unpaired) electrons. The minimum atomic E-state index is -0.148. The fraction of sp³-hybridized carbons (Fsp3) is 0.367. The minimum Gasteiger partial charge on any atom is -0.355 e. The summed E-state index contributed by atoms with van der Waals surface area (Å²) in [5.74, 6) is 0.595. The van der Waals surface area contributed by atoms with Crippen molar-refractivity contribution in [1.29, 1.82) is 0 Å². The Morgan fingerprint density at radius 2 is 1.61 bits per heavy atom. The highest BCUT2D eigenvalue weighted by Gasteiger charge is 2.32. The number of carbonyl (C=O) groups is 2. The monoisotopic (exact) mass is 484 g/mol. The van der Waals surface area contributed by atoms with Gasteiger partial charge in [-0.3, -0.25) is 9.59 Å². The summed E-state index contributed by atoms with van der Waals surface area (Å²) in [7, 11) is 1.98. The molecule has 1 atom stereocenters. The highest BCUT2D eigenvalue weighted by Crippen LogP contribution is 2.28. The van der Waals surface area contributed by atoms with Crippen LogP contribution >= 0.6 is 0 Å². The maximum Gasteiger partial charge on any atom is 0.257 e. The zero-order chi connectivity index (χ0) is 25.5. The van der Waals surface area contributed by atoms with Crippen LogP contribution in [0.25, 0.3) is 11.3 Å². The Labute approximate surface area is 214 Å². The number of pyridine rings is 1. The van der Waals surface area contributed by atoms with Crippen LogP contribution in [0.15, 0.2) is 72.8 Å². The van der Waals surface area contributed by atoms with E-state index in [1.165, 1.54) is 0 Å². The number of benzene rings is 2. The van der Waals surface area contributed by atoms with Crippen LogP contribution in [0, 0.1) is 5.92 Å². The third kappa shape index (κ3) is 5.76. The van der Waals surface area contributed by atoms with Crippen LogP contribution in [0.1, 0.15) is 42.6 Å². The molecule has 1 fully saturated rings. The van der Waals surface area contributed by atoms with Crippen LogP contribution in [0.2, 0.25) is 0 Å². The fourth-order valence-electron chi connectivity index (χ4n) is 4.94. The quantitative estimate of drug-likeness (QED) is 0.446. The van der Waals surface area contributed by atoms with E-state index in [4.69, 9.17) is 4.98 Å². The molecule has 0 aliphatic carbocycles. The molecule has 0 spiro atoms. The molecule has 6 heteroatoms. The molecule has 1 aliphatic heterocycles. The number of hydrogen-bond acceptors (Lipinski definition) is 4. The standard InChI is InChI=1S/C30H36N4O2/c1-4-33(5-2)29(35)25-17-12-20-34(22-25)30(36)26-18-19-27(24-15-10-7-11-16-24)31-28(26)32(3)21-23-13-8-6-9-14-23/h6-11,13-16,18-19,25H,4-5,12,17,20-22H2,1-3H3. The molecular weight excluding hydrogens is 448 g/mol. The summed E-state index contributed by atoms with van der Waals surface area (Å²) < 4.78 is 0. The highest BCUT2D eigenvalue weighted by atomic mass is 16.2. The van der Waals surface area contributed by atoms with E-state index in [0.717, 1.165) is 29.7 Å². The number of anilines is 1. The number of rotatable bonds is 8. The van der Waals surface area contributed by atoms with Crippen molar-refractivity contribution in [3.8, 4) is 11.3 Å². The number of carbonyl (C=O) groups excluding carboxylic acids is 2. The van der Waals surface area contributed by atoms with E-state index in [0.29, 0.717) is 44.1 Å². The van der Waals surface area contributed by atoms with Crippen molar-refractivity contribution in [3.63, 3.8) is 0 Å². The van der Waals surface area contributed by atoms with Crippen molar-refractivity contribution in [1.82, 2.24) is 14.8 Å². The second-order valence-corrected chi connectivity index (χ2v) is 9.38. The third-order valence-electron chi connectivity index (χ3n) is 6.93. The van der Waals surface area contributed by atoms with Gasteiger partial charge in [-0.2, -0.15) is 0 Å². The van der Waals surface area contributed by atoms with Crippen LogP contribution in [0.3, 0.4) is 0 Å². The zero-order valence-electron chi connectivity index (χ0n) is 21.6. The molecule has 6 nitrogen and oxygen atoms in total. The average molecular weight is 485 g/mol. The summed E-state index contributed by atoms with van der Waals surface area (Å²) in [6.07, 6.45) is 1.65. The molecule has 1 aliphatic rings. The van der Waals surface area contributed by atoms with E-state index in [1.54, 1.807) is 0 Å². The SMILES string of the molecule is CCN(CC)C(=O)C1CCCN(C(=O)c2ccc(-c3ccccc3)nc2N(C)Cc2ccccc2)C1. The normalized spacial score (nSPS) is 15.4. The van der Waals surface area contributed by atoms with Crippen LogP contribution < -0.4 is 4.90 Å². The second-order valence-electron chi connectivity index (χ2n) is 9.38. The number of nitrogens with zero attached hydrogens (tertiary/aromatic N) is 4. The van der Waals surface area contributed by atoms with Gasteiger partial charge in [0.2, 0.25) is 5.91 Å². The van der Waals surface area contributed by atoms with Gasteiger partial charge in [0, 0.05) is 45.3 Å². The first-order valence-corrected chi connectivity index (χ1v) is 12.9. The molecule has 0 bridgehead atoms. The van der Waals surface area contributed by atoms with E-state index in [9.17, 15) is 9.59 Å². The Kier molecular flexibility index (Phi) is 8.36. The van der Waals surface area contributed by atoms with Crippen molar-refractivity contribution in [2.45, 2.75) is 33.2 Å². The van der Waals surface area contributed by atoms with Crippen LogP contribution in [0.4, 0.5) is 5.82 Å². The molecule has 0 saturated carbocycles. The molecule has 0 N–H and O–H groups in total. The highest BCUT2D eigenvalue weighted by molar-refractivity contribution is 5.99. The number of piperidine rings is 1. The Morgan fingerprint density at radius 3 is 2.28 bits per heavy atom. The van der Waals surface area contributed by atoms with E-state index in [-0.39, 0.29) is 17.7 Å². The second kappa shape index (κ2) is 11.8. The van der Waals surface area contributed by atoms with Crippen molar-refractivity contribution < 1.29 is 9.59 Å². The Hall–Kier alpha value is -3.67. The Bertz CT molecular complexity index is 1160. The summed E-state index contributed by atoms with van der Waals surface area (Å²) >= 11 is 0. The van der Waals surface area contributed by atoms with Gasteiger partial charge >= 0.3 is 0 Å². The largest absolute Gasteiger partial charge is 0.355 e. The van der Waals surface area contributed by atoms with Crippen molar-refractivity contribution in [3.05, 3.63) is 83.9 Å². The molecule has 36 heavy (non-hydrogen) atoms. The van der Waals surface area contributed by atoms with Crippen LogP contribution in [-0.2, 0) is 11.3 Å². The lowest BCUT2D eigenvalue weighted by Crippen LogP contribution is -2.47. The molecule has 4 rings (SSSR count). The molecular formula is C30H36N4O2. The molecule has 188 valence electrons. The molecule has 1 saturated heterocycles. The average Bonchev–Trinajstić information content (AvgIpc) is 2.94. The van der Waals surface area contributed by atoms with Crippen molar-refractivity contribution >= 4 is 17.6 Å². The predicted octanol–water partition coefficient (Wildman–Crippen LogP) is 5.11. The van der Waals surface area contributed by atoms with E-state index >= 15 is 0 Å². The molecule has 1 aromatic heterocycles. The topological polar surface area (TPSA) is 56.8 Å². The Balaban J connectivity index is 1.64. The van der Waals surface area contributed by atoms with Crippen LogP contribution in [0.5, 0.6) is 0 Å². The van der Waals surface area contributed by atoms with E-state index < -0.39 is 0 Å². The fourth-order valence-corrected chi connectivity index (χ4v) is 4.94. The molecule has 2 heterocycles. The molecule has 2 aromatic carbocycles. The van der Waals surface area contributed by atoms with Gasteiger partial charge in [0.1, 0.15) is 5.82 Å². The van der Waals surface area contributed by atoms with Crippen molar-refractivity contribution in [2.24, 2.45) is 5.92 Å². The first kappa shape index (κ1) is 25.4. The maximum absolute atomic E-state index is 13.8. The van der Waals surface area contributed by atoms with Gasteiger partial charge in [-0.25, -0.2) is 4.98 Å². The van der Waals surface area contributed by atoms with E-state index in [2.05, 4.69) is 12.1 Å². The van der Waals surface area contributed by atoms with E-state index in [1.807, 2.05) is 96.3 Å². The van der Waals surface area contributed by atoms with Gasteiger partial charge in [-0.1, -0.05) is 60.7 Å². The lowest BCUT2D eigenvalue weighted by molar-refractivity contribution is -0.136. The number of amides is 2. The predicted molar refractivity (Wildman–Crippen MR) is 145 cm³/mol. The van der Waals surface area contributed by atoms with Gasteiger partial charge in [-0.05, 0) is 44.4 Å². The van der Waals surface area contributed by atoms with Crippen LogP contribution in [-0.4, -0.2) is 59.8 Å². The maximum atomic E-state index is 13.8. The molecule has 3 aromatic rings. The summed E-state index contributed by atoms with van der Waals surface area (Å²) in [6, 6.07) is 24.0. The minimum absolute atomic E-state index is 0.0610. The Morgan fingerprint density at radius 1 is 0.944 bits per heavy atom. The summed E-state index contributed by atoms with van der Waals surface area (Å²) in [6.45, 7) is 7.14. The zero-order valence-corrected chi connectivity index (χ0v) is 21.6. The number of aromatic nitrogens is 1. The first-order valence-electron chi connectivity index (χ1n) is 12.9. The number of likely N-dealkylation sites (tertiary alicyclic amines) is 1. The summed E-state index contributed by atoms with van der Waals surface area (Å²) in [5, 5.41) is 0. The summed E-state index contributed by atoms with van der Waals surface area (Å²) in [5.41, 5.74) is 3.56.